The molecule has 1 atom stereocenters. The smallest absolute Gasteiger partial charge is 0.201 e. The van der Waals surface area contributed by atoms with Gasteiger partial charge in [-0.3, -0.25) is 0 Å². The van der Waals surface area contributed by atoms with Gasteiger partial charge in [-0.15, -0.1) is 10.0 Å². The van der Waals surface area contributed by atoms with Gasteiger partial charge in [-0.25, -0.2) is 4.99 Å². The predicted octanol–water partition coefficient (Wildman–Crippen LogP) is 15.6. The molecule has 4 nitrogen and oxygen atoms in total. The maximum Gasteiger partial charge on any atom is 0.201 e. The van der Waals surface area contributed by atoms with E-state index < -0.39 is 10.0 Å². The molecule has 0 radical (unpaired) electrons. The van der Waals surface area contributed by atoms with Crippen LogP contribution in [0.1, 0.15) is 35.1 Å². The van der Waals surface area contributed by atoms with Gasteiger partial charge in [-0.05, 0) is 113 Å². The van der Waals surface area contributed by atoms with Gasteiger partial charge in [0.2, 0.25) is 6.29 Å². The van der Waals surface area contributed by atoms with Crippen LogP contribution >= 0.6 is 10.0 Å². The van der Waals surface area contributed by atoms with E-state index in [0.717, 1.165) is 41.1 Å². The first-order valence-corrected chi connectivity index (χ1v) is 24.2. The monoisotopic (exact) mass is 852 g/mol. The summed E-state index contributed by atoms with van der Waals surface area (Å²) in [6.45, 7) is 0. The van der Waals surface area contributed by atoms with Crippen LogP contribution in [0.25, 0.3) is 55.2 Å². The van der Waals surface area contributed by atoms with E-state index in [9.17, 15) is 0 Å². The van der Waals surface area contributed by atoms with Gasteiger partial charge < -0.3 is 14.5 Å². The van der Waals surface area contributed by atoms with Crippen LogP contribution in [0.2, 0.25) is 0 Å². The first-order chi connectivity index (χ1) is 32.3. The van der Waals surface area contributed by atoms with E-state index in [4.69, 9.17) is 4.99 Å². The van der Waals surface area contributed by atoms with Crippen LogP contribution in [-0.2, 0) is 6.42 Å². The maximum absolute atomic E-state index is 5.78. The van der Waals surface area contributed by atoms with Crippen LogP contribution in [0.3, 0.4) is 0 Å². The van der Waals surface area contributed by atoms with Crippen molar-refractivity contribution >= 4 is 71.0 Å². The van der Waals surface area contributed by atoms with Crippen LogP contribution in [0.15, 0.2) is 249 Å². The highest BCUT2D eigenvalue weighted by Gasteiger charge is 2.38. The van der Waals surface area contributed by atoms with E-state index in [-0.39, 0.29) is 6.29 Å². The Morgan fingerprint density at radius 1 is 0.492 bits per heavy atom. The Labute approximate surface area is 379 Å². The third kappa shape index (κ3) is 5.82. The van der Waals surface area contributed by atoms with Crippen molar-refractivity contribution in [2.45, 2.75) is 33.8 Å². The zero-order chi connectivity index (χ0) is 42.9. The molecule has 13 rings (SSSR count). The van der Waals surface area contributed by atoms with Crippen molar-refractivity contribution in [2.24, 2.45) is 4.99 Å². The number of nitrogens with one attached hydrogen (secondary N) is 1. The number of hydrogen-bond acceptors (Lipinski definition) is 2. The Hall–Kier alpha value is -7.86. The Morgan fingerprint density at radius 2 is 1.08 bits per heavy atom. The molecule has 2 aliphatic rings. The molecule has 310 valence electrons. The summed E-state index contributed by atoms with van der Waals surface area (Å²) < 4.78 is 4.90. The van der Waals surface area contributed by atoms with Crippen LogP contribution in [-0.4, -0.2) is 14.8 Å². The Bertz CT molecular complexity index is 3580. The highest BCUT2D eigenvalue weighted by molar-refractivity contribution is 8.37. The van der Waals surface area contributed by atoms with Gasteiger partial charge in [0.1, 0.15) is 0 Å². The van der Waals surface area contributed by atoms with E-state index >= 15 is 0 Å². The molecule has 1 aliphatic heterocycles. The van der Waals surface area contributed by atoms with Crippen molar-refractivity contribution in [1.29, 1.82) is 0 Å². The van der Waals surface area contributed by atoms with Crippen LogP contribution in [0, 0.1) is 0 Å². The number of para-hydroxylation sites is 3. The summed E-state index contributed by atoms with van der Waals surface area (Å²) in [5.74, 6) is 0. The van der Waals surface area contributed by atoms with Gasteiger partial charge in [0.15, 0.2) is 0 Å². The van der Waals surface area contributed by atoms with Crippen molar-refractivity contribution in [3.63, 3.8) is 0 Å². The quantitative estimate of drug-likeness (QED) is 0.170. The number of benzene rings is 9. The number of hydrogen-bond donors (Lipinski definition) is 1. The van der Waals surface area contributed by atoms with Crippen molar-refractivity contribution in [3.05, 3.63) is 252 Å². The molecule has 0 bridgehead atoms. The second-order valence-corrected chi connectivity index (χ2v) is 20.2. The summed E-state index contributed by atoms with van der Waals surface area (Å²) in [5.41, 5.74) is 11.6. The lowest BCUT2D eigenvalue weighted by atomic mass is 9.97. The molecule has 3 heterocycles. The summed E-state index contributed by atoms with van der Waals surface area (Å²) in [6.07, 6.45) is 4.00. The lowest BCUT2D eigenvalue weighted by molar-refractivity contribution is 0.578. The summed E-state index contributed by atoms with van der Waals surface area (Å²) in [4.78, 5) is 11.3. The van der Waals surface area contributed by atoms with E-state index in [2.05, 4.69) is 245 Å². The van der Waals surface area contributed by atoms with Crippen molar-refractivity contribution in [3.8, 4) is 5.69 Å². The van der Waals surface area contributed by atoms with Crippen molar-refractivity contribution < 1.29 is 0 Å². The highest BCUT2D eigenvalue weighted by Crippen LogP contribution is 2.75. The molecule has 0 fully saturated rings. The Kier molecular flexibility index (Phi) is 8.78. The third-order valence-electron chi connectivity index (χ3n) is 13.6. The fraction of sp³-hybridized carbons (Fsp3) is 0.0500. The zero-order valence-corrected chi connectivity index (χ0v) is 36.5. The molecular weight excluding hydrogens is 809 g/mol. The zero-order valence-electron chi connectivity index (χ0n) is 35.7. The molecular formula is C60H44N4S. The number of fused-ring (bicyclic) bond motifs is 9. The average molecular weight is 853 g/mol. The normalized spacial score (nSPS) is 15.0. The molecule has 0 saturated carbocycles. The number of anilines is 1. The molecule has 0 spiro atoms. The molecule has 0 amide bonds. The van der Waals surface area contributed by atoms with Gasteiger partial charge in [0.05, 0.1) is 22.3 Å². The molecule has 1 N–H and O–H groups in total. The third-order valence-corrected chi connectivity index (χ3v) is 17.6. The standard InChI is InChI=1S/C60H44N4S/c1-5-20-43(21-6-1)63-54-32-18-16-29-49(54)51-39-42(34-36-55(51)63)59-50-30-15-17-31-53(50)61-60(62-59)64-56-38-35-47(40-52(56)58-48-28-14-13-19-41(48)33-37-57(58)64)65(44-22-7-2-8-23-44,45-24-9-3-10-25-45)46-26-11-4-12-27-46/h1-34,36-37,39-40,60-61H,35,38H2. The molecule has 2 aromatic heterocycles. The van der Waals surface area contributed by atoms with Gasteiger partial charge in [0.25, 0.3) is 0 Å². The number of allylic oxidation sites excluding steroid dienone is 1. The lowest BCUT2D eigenvalue weighted by Crippen LogP contribution is -2.26. The Balaban J connectivity index is 1.05. The second-order valence-electron chi connectivity index (χ2n) is 17.0. The van der Waals surface area contributed by atoms with E-state index in [1.807, 2.05) is 0 Å². The number of aromatic nitrogens is 2. The number of aliphatic imine (C=N–C) groups is 1. The highest BCUT2D eigenvalue weighted by atomic mass is 32.3. The fourth-order valence-corrected chi connectivity index (χ4v) is 14.9. The second kappa shape index (κ2) is 15.2. The minimum absolute atomic E-state index is 0.377. The molecule has 1 unspecified atom stereocenters. The summed E-state index contributed by atoms with van der Waals surface area (Å²) in [5, 5.41) is 10.2. The summed E-state index contributed by atoms with van der Waals surface area (Å²) in [6, 6.07) is 82.3. The van der Waals surface area contributed by atoms with Gasteiger partial charge in [0, 0.05) is 64.6 Å². The SMILES string of the molecule is C1=C(S(c2ccccc2)(c2ccccc2)c2ccccc2)CCc2c1c1c3ccccc3ccc1n2C1N=C(c2ccc3c(c2)c2ccccc2n3-c2ccccc2)c2ccccc2N1. The summed E-state index contributed by atoms with van der Waals surface area (Å²) in [7, 11) is -1.84. The first-order valence-electron chi connectivity index (χ1n) is 22.5. The predicted molar refractivity (Wildman–Crippen MR) is 273 cm³/mol. The molecule has 65 heavy (non-hydrogen) atoms. The van der Waals surface area contributed by atoms with Crippen LogP contribution in [0.4, 0.5) is 5.69 Å². The Morgan fingerprint density at radius 3 is 1.80 bits per heavy atom. The number of rotatable bonds is 7. The first kappa shape index (κ1) is 37.7. The minimum atomic E-state index is -1.84. The van der Waals surface area contributed by atoms with Crippen molar-refractivity contribution in [2.75, 3.05) is 5.32 Å². The maximum atomic E-state index is 5.78. The molecule has 1 aliphatic carbocycles. The van der Waals surface area contributed by atoms with E-state index in [1.165, 1.54) is 74.3 Å². The lowest BCUT2D eigenvalue weighted by Gasteiger charge is -2.45. The largest absolute Gasteiger partial charge is 0.346 e. The molecule has 9 aromatic carbocycles. The average Bonchev–Trinajstić information content (AvgIpc) is 3.90. The minimum Gasteiger partial charge on any atom is -0.346 e. The summed E-state index contributed by atoms with van der Waals surface area (Å²) >= 11 is 0. The van der Waals surface area contributed by atoms with Gasteiger partial charge in [-0.2, -0.15) is 0 Å². The van der Waals surface area contributed by atoms with Crippen molar-refractivity contribution in [1.82, 2.24) is 9.13 Å². The van der Waals surface area contributed by atoms with E-state index in [0.29, 0.717) is 0 Å². The van der Waals surface area contributed by atoms with Crippen LogP contribution < -0.4 is 5.32 Å². The van der Waals surface area contributed by atoms with Gasteiger partial charge in [-0.1, -0.05) is 146 Å². The van der Waals surface area contributed by atoms with Crippen LogP contribution in [0.5, 0.6) is 0 Å². The van der Waals surface area contributed by atoms with E-state index in [1.54, 1.807) is 0 Å². The molecule has 11 aromatic rings. The number of nitrogens with zero attached hydrogens (tertiary/aromatic N) is 3. The molecule has 0 saturated heterocycles. The molecule has 5 heteroatoms. The fourth-order valence-electron chi connectivity index (χ4n) is 10.8. The topological polar surface area (TPSA) is 34.2 Å². The van der Waals surface area contributed by atoms with Gasteiger partial charge >= 0.3 is 0 Å².